The third-order valence-corrected chi connectivity index (χ3v) is 4.61. The van der Waals surface area contributed by atoms with Crippen LogP contribution < -0.4 is 24.8 Å². The highest BCUT2D eigenvalue weighted by atomic mass is 16.5. The molecule has 3 rings (SSSR count). The second-order valence-corrected chi connectivity index (χ2v) is 6.67. The number of hydrogen-bond donors (Lipinski definition) is 2. The molecule has 0 aliphatic heterocycles. The van der Waals surface area contributed by atoms with Gasteiger partial charge in [0.1, 0.15) is 5.75 Å². The van der Waals surface area contributed by atoms with Crippen molar-refractivity contribution in [2.24, 2.45) is 0 Å². The van der Waals surface area contributed by atoms with Crippen molar-refractivity contribution < 1.29 is 23.8 Å². The summed E-state index contributed by atoms with van der Waals surface area (Å²) in [6, 6.07) is 19.1. The van der Waals surface area contributed by atoms with Gasteiger partial charge in [-0.3, -0.25) is 9.59 Å². The Morgan fingerprint density at radius 1 is 0.781 bits per heavy atom. The van der Waals surface area contributed by atoms with Gasteiger partial charge in [-0.2, -0.15) is 0 Å². The molecule has 0 spiro atoms. The first-order valence-corrected chi connectivity index (χ1v) is 9.79. The molecule has 0 saturated heterocycles. The Morgan fingerprint density at radius 3 is 2.19 bits per heavy atom. The van der Waals surface area contributed by atoms with Gasteiger partial charge in [0.25, 0.3) is 5.91 Å². The van der Waals surface area contributed by atoms with Crippen LogP contribution in [0.2, 0.25) is 0 Å². The SMILES string of the molecule is COc1ccc(NC(=O)c2ccccc2NC(=O)/C=C/c2ccc(OC)c(OC)c2)cc1. The van der Waals surface area contributed by atoms with Crippen LogP contribution >= 0.6 is 0 Å². The Morgan fingerprint density at radius 2 is 1.50 bits per heavy atom. The number of amides is 2. The number of rotatable bonds is 8. The predicted molar refractivity (Wildman–Crippen MR) is 125 cm³/mol. The van der Waals surface area contributed by atoms with Crippen molar-refractivity contribution in [2.45, 2.75) is 0 Å². The van der Waals surface area contributed by atoms with Gasteiger partial charge < -0.3 is 24.8 Å². The van der Waals surface area contributed by atoms with Crippen molar-refractivity contribution in [2.75, 3.05) is 32.0 Å². The number of hydrogen-bond acceptors (Lipinski definition) is 5. The highest BCUT2D eigenvalue weighted by Gasteiger charge is 2.13. The summed E-state index contributed by atoms with van der Waals surface area (Å²) in [4.78, 5) is 25.2. The number of anilines is 2. The molecule has 3 aromatic rings. The number of benzene rings is 3. The molecule has 2 N–H and O–H groups in total. The Kier molecular flexibility index (Phi) is 7.48. The zero-order valence-electron chi connectivity index (χ0n) is 18.0. The highest BCUT2D eigenvalue weighted by Crippen LogP contribution is 2.28. The van der Waals surface area contributed by atoms with Gasteiger partial charge in [-0.1, -0.05) is 18.2 Å². The number of ether oxygens (including phenoxy) is 3. The summed E-state index contributed by atoms with van der Waals surface area (Å²) in [5.41, 5.74) is 2.13. The van der Waals surface area contributed by atoms with Gasteiger partial charge >= 0.3 is 0 Å². The zero-order valence-corrected chi connectivity index (χ0v) is 18.0. The smallest absolute Gasteiger partial charge is 0.257 e. The van der Waals surface area contributed by atoms with E-state index in [1.165, 1.54) is 6.08 Å². The van der Waals surface area contributed by atoms with Crippen LogP contribution in [0.3, 0.4) is 0 Å². The van der Waals surface area contributed by atoms with Crippen LogP contribution in [0, 0.1) is 0 Å². The van der Waals surface area contributed by atoms with Crippen molar-refractivity contribution in [3.8, 4) is 17.2 Å². The fourth-order valence-electron chi connectivity index (χ4n) is 2.97. The lowest BCUT2D eigenvalue weighted by Crippen LogP contribution is -2.17. The van der Waals surface area contributed by atoms with E-state index in [-0.39, 0.29) is 11.8 Å². The molecule has 0 aliphatic rings. The van der Waals surface area contributed by atoms with E-state index >= 15 is 0 Å². The van der Waals surface area contributed by atoms with E-state index in [1.807, 2.05) is 0 Å². The van der Waals surface area contributed by atoms with E-state index in [9.17, 15) is 9.59 Å². The lowest BCUT2D eigenvalue weighted by molar-refractivity contribution is -0.111. The lowest BCUT2D eigenvalue weighted by Gasteiger charge is -2.11. The van der Waals surface area contributed by atoms with Gasteiger partial charge in [-0.15, -0.1) is 0 Å². The van der Waals surface area contributed by atoms with Crippen molar-refractivity contribution in [1.29, 1.82) is 0 Å². The molecule has 0 atom stereocenters. The van der Waals surface area contributed by atoms with Gasteiger partial charge in [-0.05, 0) is 60.2 Å². The third kappa shape index (κ3) is 5.66. The quantitative estimate of drug-likeness (QED) is 0.508. The van der Waals surface area contributed by atoms with Gasteiger partial charge in [0.05, 0.1) is 32.6 Å². The topological polar surface area (TPSA) is 85.9 Å². The van der Waals surface area contributed by atoms with E-state index < -0.39 is 0 Å². The average Bonchev–Trinajstić information content (AvgIpc) is 2.83. The maximum absolute atomic E-state index is 12.7. The molecule has 0 fully saturated rings. The molecule has 164 valence electrons. The first-order chi connectivity index (χ1) is 15.5. The van der Waals surface area contributed by atoms with Gasteiger partial charge in [0.15, 0.2) is 11.5 Å². The monoisotopic (exact) mass is 432 g/mol. The molecule has 7 heteroatoms. The highest BCUT2D eigenvalue weighted by molar-refractivity contribution is 6.11. The molecule has 0 aromatic heterocycles. The summed E-state index contributed by atoms with van der Waals surface area (Å²) < 4.78 is 15.6. The Balaban J connectivity index is 1.70. The molecule has 0 aliphatic carbocycles. The number of carbonyl (C=O) groups is 2. The van der Waals surface area contributed by atoms with Crippen LogP contribution in [-0.4, -0.2) is 33.1 Å². The number of para-hydroxylation sites is 1. The minimum absolute atomic E-state index is 0.338. The molecule has 0 saturated carbocycles. The van der Waals surface area contributed by atoms with Crippen LogP contribution in [0.25, 0.3) is 6.08 Å². The second-order valence-electron chi connectivity index (χ2n) is 6.67. The summed E-state index contributed by atoms with van der Waals surface area (Å²) in [5.74, 6) is 1.15. The summed E-state index contributed by atoms with van der Waals surface area (Å²) in [5, 5.41) is 5.57. The minimum atomic E-state index is -0.371. The summed E-state index contributed by atoms with van der Waals surface area (Å²) in [7, 11) is 4.68. The maximum Gasteiger partial charge on any atom is 0.257 e. The van der Waals surface area contributed by atoms with Crippen LogP contribution in [0.15, 0.2) is 72.8 Å². The van der Waals surface area contributed by atoms with Crippen LogP contribution in [0.4, 0.5) is 11.4 Å². The molecule has 0 heterocycles. The maximum atomic E-state index is 12.7. The molecule has 0 unspecified atom stereocenters. The van der Waals surface area contributed by atoms with Crippen molar-refractivity contribution in [3.05, 3.63) is 83.9 Å². The molecule has 7 nitrogen and oxygen atoms in total. The van der Waals surface area contributed by atoms with E-state index in [0.717, 1.165) is 5.56 Å². The van der Waals surface area contributed by atoms with Crippen molar-refractivity contribution in [3.63, 3.8) is 0 Å². The van der Waals surface area contributed by atoms with Gasteiger partial charge in [0.2, 0.25) is 5.91 Å². The molecule has 2 amide bonds. The molecule has 32 heavy (non-hydrogen) atoms. The van der Waals surface area contributed by atoms with E-state index in [2.05, 4.69) is 10.6 Å². The van der Waals surface area contributed by atoms with Gasteiger partial charge in [0, 0.05) is 11.8 Å². The summed E-state index contributed by atoms with van der Waals surface area (Å²) in [6.45, 7) is 0. The largest absolute Gasteiger partial charge is 0.497 e. The first-order valence-electron chi connectivity index (χ1n) is 9.79. The van der Waals surface area contributed by atoms with E-state index in [4.69, 9.17) is 14.2 Å². The Labute approximate surface area is 186 Å². The lowest BCUT2D eigenvalue weighted by atomic mass is 10.1. The van der Waals surface area contributed by atoms with Crippen molar-refractivity contribution in [1.82, 2.24) is 0 Å². The fourth-order valence-corrected chi connectivity index (χ4v) is 2.97. The van der Waals surface area contributed by atoms with Crippen LogP contribution in [0.5, 0.6) is 17.2 Å². The third-order valence-electron chi connectivity index (χ3n) is 4.61. The summed E-state index contributed by atoms with van der Waals surface area (Å²) in [6.07, 6.45) is 3.04. The first kappa shape index (κ1) is 22.4. The zero-order chi connectivity index (χ0) is 22.9. The fraction of sp³-hybridized carbons (Fsp3) is 0.120. The van der Waals surface area contributed by atoms with E-state index in [0.29, 0.717) is 34.2 Å². The standard InChI is InChI=1S/C25H24N2O5/c1-30-19-12-10-18(11-13-19)26-25(29)20-6-4-5-7-21(20)27-24(28)15-9-17-8-14-22(31-2)23(16-17)32-3/h4-16H,1-3H3,(H,26,29)(H,27,28)/b15-9+. The molecule has 3 aromatic carbocycles. The van der Waals surface area contributed by atoms with Gasteiger partial charge in [-0.25, -0.2) is 0 Å². The molecular weight excluding hydrogens is 408 g/mol. The Hall–Kier alpha value is -4.26. The number of nitrogens with one attached hydrogen (secondary N) is 2. The second kappa shape index (κ2) is 10.7. The number of carbonyl (C=O) groups excluding carboxylic acids is 2. The minimum Gasteiger partial charge on any atom is -0.497 e. The molecule has 0 radical (unpaired) electrons. The van der Waals surface area contributed by atoms with Crippen LogP contribution in [-0.2, 0) is 4.79 Å². The molecular formula is C25H24N2O5. The predicted octanol–water partition coefficient (Wildman–Crippen LogP) is 4.62. The summed E-state index contributed by atoms with van der Waals surface area (Å²) >= 11 is 0. The number of methoxy groups -OCH3 is 3. The van der Waals surface area contributed by atoms with E-state index in [1.54, 1.807) is 94.1 Å². The normalized spacial score (nSPS) is 10.5. The van der Waals surface area contributed by atoms with Crippen molar-refractivity contribution >= 4 is 29.3 Å². The molecule has 0 bridgehead atoms. The Bertz CT molecular complexity index is 1120. The average molecular weight is 432 g/mol. The van der Waals surface area contributed by atoms with Crippen LogP contribution in [0.1, 0.15) is 15.9 Å².